The predicted molar refractivity (Wildman–Crippen MR) is 233 cm³/mol. The highest BCUT2D eigenvalue weighted by molar-refractivity contribution is 7.45. The number of nitrogens with one attached hydrogen (secondary N) is 1. The zero-order valence-electron chi connectivity index (χ0n) is 37.1. The SMILES string of the molecule is CCCCCCCCC/C=C\CCCCCCCC(=O)NC(COP(=O)([O-])OCC[N+](C)(C)C)C(O)CCCCCCCCCCCCCCCCCCC. The van der Waals surface area contributed by atoms with Crippen molar-refractivity contribution in [2.45, 2.75) is 238 Å². The average Bonchev–Trinajstić information content (AvgIpc) is 3.13. The lowest BCUT2D eigenvalue weighted by Gasteiger charge is -2.30. The van der Waals surface area contributed by atoms with Crippen molar-refractivity contribution in [2.24, 2.45) is 0 Å². The van der Waals surface area contributed by atoms with E-state index in [1.807, 2.05) is 21.1 Å². The Morgan fingerprint density at radius 3 is 1.42 bits per heavy atom. The Balaban J connectivity index is 4.33. The van der Waals surface area contributed by atoms with Gasteiger partial charge >= 0.3 is 0 Å². The number of aliphatic hydroxyl groups excluding tert-OH is 1. The van der Waals surface area contributed by atoms with Gasteiger partial charge in [0.15, 0.2) is 0 Å². The van der Waals surface area contributed by atoms with Crippen LogP contribution in [0.4, 0.5) is 0 Å². The number of quaternary nitrogens is 1. The number of likely N-dealkylation sites (N-methyl/N-ethyl adjacent to an activating group) is 1. The predicted octanol–water partition coefficient (Wildman–Crippen LogP) is 12.5. The van der Waals surface area contributed by atoms with Crippen LogP contribution in [0, 0.1) is 0 Å². The Morgan fingerprint density at radius 2 is 1.00 bits per heavy atom. The second-order valence-electron chi connectivity index (χ2n) is 17.5. The minimum atomic E-state index is -4.56. The van der Waals surface area contributed by atoms with Crippen molar-refractivity contribution in [3.63, 3.8) is 0 Å². The number of carbonyl (C=O) groups excluding carboxylic acids is 1. The van der Waals surface area contributed by atoms with Crippen LogP contribution in [0.1, 0.15) is 226 Å². The van der Waals surface area contributed by atoms with E-state index >= 15 is 0 Å². The van der Waals surface area contributed by atoms with Gasteiger partial charge in [-0.05, 0) is 38.5 Å². The van der Waals surface area contributed by atoms with Crippen molar-refractivity contribution in [1.29, 1.82) is 0 Å². The molecule has 55 heavy (non-hydrogen) atoms. The number of allylic oxidation sites excluding steroid dienone is 2. The van der Waals surface area contributed by atoms with E-state index in [2.05, 4.69) is 31.3 Å². The molecule has 0 heterocycles. The van der Waals surface area contributed by atoms with Crippen molar-refractivity contribution in [2.75, 3.05) is 40.9 Å². The number of nitrogens with zero attached hydrogens (tertiary/aromatic N) is 1. The number of phosphoric acid groups is 1. The minimum absolute atomic E-state index is 0.0126. The summed E-state index contributed by atoms with van der Waals surface area (Å²) >= 11 is 0. The van der Waals surface area contributed by atoms with Crippen molar-refractivity contribution in [1.82, 2.24) is 5.32 Å². The molecule has 0 saturated carbocycles. The van der Waals surface area contributed by atoms with Gasteiger partial charge in [-0.15, -0.1) is 0 Å². The Morgan fingerprint density at radius 1 is 0.618 bits per heavy atom. The van der Waals surface area contributed by atoms with Crippen LogP contribution in [0.5, 0.6) is 0 Å². The highest BCUT2D eigenvalue weighted by Crippen LogP contribution is 2.38. The molecular weight excluding hydrogens is 707 g/mol. The van der Waals surface area contributed by atoms with Crippen LogP contribution < -0.4 is 10.2 Å². The Labute approximate surface area is 342 Å². The van der Waals surface area contributed by atoms with Gasteiger partial charge in [0, 0.05) is 6.42 Å². The van der Waals surface area contributed by atoms with Crippen LogP contribution in [0.2, 0.25) is 0 Å². The zero-order chi connectivity index (χ0) is 40.7. The normalized spacial score (nSPS) is 14.4. The van der Waals surface area contributed by atoms with Gasteiger partial charge in [-0.25, -0.2) is 0 Å². The van der Waals surface area contributed by atoms with Crippen molar-refractivity contribution in [3.05, 3.63) is 12.2 Å². The number of hydrogen-bond acceptors (Lipinski definition) is 6. The molecule has 0 aliphatic heterocycles. The van der Waals surface area contributed by atoms with Crippen LogP contribution in [0.25, 0.3) is 0 Å². The Bertz CT molecular complexity index is 911. The number of amides is 1. The number of hydrogen-bond donors (Lipinski definition) is 2. The highest BCUT2D eigenvalue weighted by atomic mass is 31.2. The third-order valence-corrected chi connectivity index (χ3v) is 11.7. The van der Waals surface area contributed by atoms with Crippen molar-refractivity contribution in [3.8, 4) is 0 Å². The molecule has 2 N–H and O–H groups in total. The molecule has 0 aliphatic rings. The van der Waals surface area contributed by atoms with Gasteiger partial charge in [-0.1, -0.05) is 193 Å². The molecule has 3 atom stereocenters. The quantitative estimate of drug-likeness (QED) is 0.0275. The number of carbonyl (C=O) groups is 1. The molecule has 0 aromatic carbocycles. The number of aliphatic hydroxyl groups is 1. The van der Waals surface area contributed by atoms with E-state index in [0.29, 0.717) is 23.9 Å². The second kappa shape index (κ2) is 38.7. The maximum atomic E-state index is 12.9. The number of phosphoric ester groups is 1. The first-order valence-electron chi connectivity index (χ1n) is 23.5. The summed E-state index contributed by atoms with van der Waals surface area (Å²) in [5, 5.41) is 13.9. The fourth-order valence-corrected chi connectivity index (χ4v) is 7.70. The summed E-state index contributed by atoms with van der Waals surface area (Å²) in [6, 6.07) is -0.800. The molecule has 1 amide bonds. The molecule has 0 aromatic rings. The lowest BCUT2D eigenvalue weighted by Crippen LogP contribution is -2.46. The summed E-state index contributed by atoms with van der Waals surface area (Å²) in [5.74, 6) is -0.171. The molecule has 9 heteroatoms. The lowest BCUT2D eigenvalue weighted by atomic mass is 10.0. The summed E-state index contributed by atoms with van der Waals surface area (Å²) in [6.07, 6.45) is 43.5. The van der Waals surface area contributed by atoms with Gasteiger partial charge in [0.05, 0.1) is 39.9 Å². The van der Waals surface area contributed by atoms with Gasteiger partial charge in [-0.3, -0.25) is 9.36 Å². The topological polar surface area (TPSA) is 108 Å². The van der Waals surface area contributed by atoms with Gasteiger partial charge in [0.1, 0.15) is 13.2 Å². The third kappa shape index (κ3) is 41.2. The number of unbranched alkanes of at least 4 members (excludes halogenated alkanes) is 28. The fourth-order valence-electron chi connectivity index (χ4n) is 6.98. The second-order valence-corrected chi connectivity index (χ2v) is 18.9. The molecule has 0 aromatic heterocycles. The number of rotatable bonds is 43. The summed E-state index contributed by atoms with van der Waals surface area (Å²) in [5.41, 5.74) is 0. The molecule has 0 radical (unpaired) electrons. The molecule has 0 bridgehead atoms. The first kappa shape index (κ1) is 54.2. The van der Waals surface area contributed by atoms with E-state index in [4.69, 9.17) is 9.05 Å². The van der Waals surface area contributed by atoms with E-state index in [-0.39, 0.29) is 19.1 Å². The summed E-state index contributed by atoms with van der Waals surface area (Å²) in [7, 11) is 1.31. The summed E-state index contributed by atoms with van der Waals surface area (Å²) in [4.78, 5) is 25.3. The van der Waals surface area contributed by atoms with Gasteiger partial charge in [-0.2, -0.15) is 0 Å². The van der Waals surface area contributed by atoms with Gasteiger partial charge in [0.25, 0.3) is 7.82 Å². The summed E-state index contributed by atoms with van der Waals surface area (Å²) < 4.78 is 23.3. The van der Waals surface area contributed by atoms with Crippen LogP contribution >= 0.6 is 7.82 Å². The molecular formula is C46H93N2O6P. The molecule has 3 unspecified atom stereocenters. The Kier molecular flexibility index (Phi) is 38.2. The maximum absolute atomic E-state index is 12.9. The smallest absolute Gasteiger partial charge is 0.268 e. The molecule has 328 valence electrons. The van der Waals surface area contributed by atoms with E-state index in [0.717, 1.165) is 51.4 Å². The molecule has 0 aliphatic carbocycles. The molecule has 0 fully saturated rings. The fraction of sp³-hybridized carbons (Fsp3) is 0.935. The van der Waals surface area contributed by atoms with Crippen molar-refractivity contribution >= 4 is 13.7 Å². The Hall–Kier alpha value is -0.760. The standard InChI is InChI=1S/C46H93N2O6P/c1-6-8-10-12-14-16-18-20-22-24-25-27-29-31-33-35-37-39-45(49)44(43-54-55(51,52)53-42-41-48(3,4)5)47-46(50)40-38-36-34-32-30-28-26-23-21-19-17-15-13-11-9-7-2/h23,26,44-45,49H,6-22,24-25,27-43H2,1-5H3,(H-,47,50,51,52)/b26-23-. The zero-order valence-corrected chi connectivity index (χ0v) is 38.0. The monoisotopic (exact) mass is 801 g/mol. The van der Waals surface area contributed by atoms with Crippen LogP contribution in [0.3, 0.4) is 0 Å². The molecule has 0 rings (SSSR count). The molecule has 8 nitrogen and oxygen atoms in total. The molecule has 0 spiro atoms. The van der Waals surface area contributed by atoms with E-state index in [1.165, 1.54) is 148 Å². The van der Waals surface area contributed by atoms with E-state index in [9.17, 15) is 19.4 Å². The summed E-state index contributed by atoms with van der Waals surface area (Å²) in [6.45, 7) is 4.73. The average molecular weight is 801 g/mol. The molecule has 0 saturated heterocycles. The first-order valence-corrected chi connectivity index (χ1v) is 25.0. The van der Waals surface area contributed by atoms with Crippen LogP contribution in [0.15, 0.2) is 12.2 Å². The first-order chi connectivity index (χ1) is 26.5. The maximum Gasteiger partial charge on any atom is 0.268 e. The third-order valence-electron chi connectivity index (χ3n) is 10.8. The minimum Gasteiger partial charge on any atom is -0.756 e. The largest absolute Gasteiger partial charge is 0.756 e. The lowest BCUT2D eigenvalue weighted by molar-refractivity contribution is -0.870. The van der Waals surface area contributed by atoms with Crippen molar-refractivity contribution < 1.29 is 32.9 Å². The van der Waals surface area contributed by atoms with Gasteiger partial charge in [0.2, 0.25) is 5.91 Å². The van der Waals surface area contributed by atoms with Gasteiger partial charge < -0.3 is 28.8 Å². The van der Waals surface area contributed by atoms with E-state index in [1.54, 1.807) is 0 Å². The highest BCUT2D eigenvalue weighted by Gasteiger charge is 2.24. The van der Waals surface area contributed by atoms with Crippen LogP contribution in [-0.2, 0) is 18.4 Å². The van der Waals surface area contributed by atoms with Crippen LogP contribution in [-0.4, -0.2) is 68.5 Å². The van der Waals surface area contributed by atoms with E-state index < -0.39 is 20.0 Å².